The van der Waals surface area contributed by atoms with Crippen molar-refractivity contribution in [2.24, 2.45) is 0 Å². The van der Waals surface area contributed by atoms with Gasteiger partial charge in [-0.2, -0.15) is 11.8 Å². The van der Waals surface area contributed by atoms with Crippen molar-refractivity contribution in [3.63, 3.8) is 0 Å². The number of nitrogens with zero attached hydrogens (tertiary/aromatic N) is 1. The van der Waals surface area contributed by atoms with Crippen molar-refractivity contribution < 1.29 is 0 Å². The quantitative estimate of drug-likeness (QED) is 0.861. The molecule has 3 heteroatoms. The van der Waals surface area contributed by atoms with E-state index in [2.05, 4.69) is 55.3 Å². The first-order chi connectivity index (χ1) is 9.22. The van der Waals surface area contributed by atoms with Gasteiger partial charge in [-0.05, 0) is 28.8 Å². The number of rotatable bonds is 6. The molecule has 102 valence electrons. The van der Waals surface area contributed by atoms with Gasteiger partial charge in [0.2, 0.25) is 0 Å². The topological polar surface area (TPSA) is 24.9 Å². The summed E-state index contributed by atoms with van der Waals surface area (Å²) < 4.78 is 0. The molecule has 0 radical (unpaired) electrons. The molecule has 1 unspecified atom stereocenters. The Morgan fingerprint density at radius 3 is 2.84 bits per heavy atom. The van der Waals surface area contributed by atoms with Gasteiger partial charge in [0.15, 0.2) is 0 Å². The average molecular weight is 274 g/mol. The number of thioether (sulfide) groups is 1. The Kier molecular flexibility index (Phi) is 5.23. The van der Waals surface area contributed by atoms with Gasteiger partial charge in [-0.25, -0.2) is 0 Å². The molecule has 1 aromatic heterocycles. The number of hydrogen-bond donors (Lipinski definition) is 1. The zero-order valence-electron chi connectivity index (χ0n) is 11.9. The van der Waals surface area contributed by atoms with Crippen LogP contribution in [0.3, 0.4) is 0 Å². The third kappa shape index (κ3) is 3.71. The second-order valence-electron chi connectivity index (χ2n) is 4.94. The van der Waals surface area contributed by atoms with Gasteiger partial charge in [0, 0.05) is 29.6 Å². The Morgan fingerprint density at radius 1 is 1.26 bits per heavy atom. The lowest BCUT2D eigenvalue weighted by Crippen LogP contribution is -2.23. The fourth-order valence-electron chi connectivity index (χ4n) is 2.25. The summed E-state index contributed by atoms with van der Waals surface area (Å²) in [5.41, 5.74) is 1.38. The number of hydrogen-bond acceptors (Lipinski definition) is 3. The molecule has 2 aromatic rings. The van der Waals surface area contributed by atoms with E-state index in [9.17, 15) is 0 Å². The van der Waals surface area contributed by atoms with Crippen LogP contribution in [0.4, 0.5) is 0 Å². The summed E-state index contributed by atoms with van der Waals surface area (Å²) in [5, 5.41) is 6.80. The van der Waals surface area contributed by atoms with Gasteiger partial charge >= 0.3 is 0 Å². The Bertz CT molecular complexity index is 520. The zero-order chi connectivity index (χ0) is 13.7. The highest BCUT2D eigenvalue weighted by Gasteiger charge is 2.14. The summed E-state index contributed by atoms with van der Waals surface area (Å²) >= 11 is 2.00. The Balaban J connectivity index is 2.32. The van der Waals surface area contributed by atoms with E-state index < -0.39 is 0 Å². The van der Waals surface area contributed by atoms with Crippen molar-refractivity contribution in [2.75, 3.05) is 12.3 Å². The van der Waals surface area contributed by atoms with Crippen molar-refractivity contribution in [1.82, 2.24) is 10.3 Å². The van der Waals surface area contributed by atoms with E-state index in [1.807, 2.05) is 24.2 Å². The molecule has 0 saturated heterocycles. The second-order valence-corrected chi connectivity index (χ2v) is 6.55. The molecule has 1 atom stereocenters. The molecule has 0 fully saturated rings. The highest BCUT2D eigenvalue weighted by atomic mass is 32.2. The first kappa shape index (κ1) is 14.4. The summed E-state index contributed by atoms with van der Waals surface area (Å²) in [6.07, 6.45) is 3.82. The van der Waals surface area contributed by atoms with Gasteiger partial charge in [-0.3, -0.25) is 4.98 Å². The minimum atomic E-state index is 0.406. The molecular formula is C16H22N2S. The monoisotopic (exact) mass is 274 g/mol. The maximum atomic E-state index is 4.21. The molecule has 19 heavy (non-hydrogen) atoms. The van der Waals surface area contributed by atoms with E-state index >= 15 is 0 Å². The summed E-state index contributed by atoms with van der Waals surface area (Å²) in [4.78, 5) is 4.21. The van der Waals surface area contributed by atoms with Gasteiger partial charge in [-0.1, -0.05) is 39.0 Å². The molecule has 0 amide bonds. The SMILES string of the molecule is CCNC(CSC(C)C)c1cccc2cnccc12. The molecule has 0 bridgehead atoms. The third-order valence-electron chi connectivity index (χ3n) is 3.14. The molecule has 0 aliphatic carbocycles. The summed E-state index contributed by atoms with van der Waals surface area (Å²) in [7, 11) is 0. The Labute approximate surface area is 120 Å². The van der Waals surface area contributed by atoms with Gasteiger partial charge in [0.25, 0.3) is 0 Å². The fourth-order valence-corrected chi connectivity index (χ4v) is 3.12. The predicted molar refractivity (Wildman–Crippen MR) is 85.8 cm³/mol. The summed E-state index contributed by atoms with van der Waals surface area (Å²) in [5.74, 6) is 1.10. The van der Waals surface area contributed by atoms with Crippen LogP contribution in [0.15, 0.2) is 36.7 Å². The van der Waals surface area contributed by atoms with Crippen LogP contribution in [0, 0.1) is 0 Å². The van der Waals surface area contributed by atoms with E-state index in [1.165, 1.54) is 16.3 Å². The van der Waals surface area contributed by atoms with Crippen LogP contribution in [0.5, 0.6) is 0 Å². The van der Waals surface area contributed by atoms with Gasteiger partial charge in [0.05, 0.1) is 0 Å². The minimum Gasteiger partial charge on any atom is -0.309 e. The van der Waals surface area contributed by atoms with Crippen molar-refractivity contribution in [2.45, 2.75) is 32.1 Å². The molecule has 2 rings (SSSR count). The average Bonchev–Trinajstić information content (AvgIpc) is 2.43. The summed E-state index contributed by atoms with van der Waals surface area (Å²) in [6.45, 7) is 7.66. The zero-order valence-corrected chi connectivity index (χ0v) is 12.7. The molecule has 0 spiro atoms. The normalized spacial score (nSPS) is 13.1. The van der Waals surface area contributed by atoms with E-state index in [0.29, 0.717) is 11.3 Å². The van der Waals surface area contributed by atoms with Crippen LogP contribution in [0.25, 0.3) is 10.8 Å². The van der Waals surface area contributed by atoms with Gasteiger partial charge in [0.1, 0.15) is 0 Å². The Morgan fingerprint density at radius 2 is 2.11 bits per heavy atom. The second kappa shape index (κ2) is 6.92. The lowest BCUT2D eigenvalue weighted by molar-refractivity contribution is 0.609. The van der Waals surface area contributed by atoms with E-state index in [1.54, 1.807) is 0 Å². The number of benzene rings is 1. The lowest BCUT2D eigenvalue weighted by Gasteiger charge is -2.20. The van der Waals surface area contributed by atoms with Crippen LogP contribution in [0.1, 0.15) is 32.4 Å². The Hall–Kier alpha value is -1.06. The van der Waals surface area contributed by atoms with Gasteiger partial charge < -0.3 is 5.32 Å². The third-order valence-corrected chi connectivity index (χ3v) is 4.33. The number of aromatic nitrogens is 1. The number of fused-ring (bicyclic) bond motifs is 1. The first-order valence-electron chi connectivity index (χ1n) is 6.90. The standard InChI is InChI=1S/C16H22N2S/c1-4-18-16(11-19-12(2)3)15-7-5-6-13-10-17-9-8-14(13)15/h5-10,12,16,18H,4,11H2,1-3H3. The molecule has 1 N–H and O–H groups in total. The minimum absolute atomic E-state index is 0.406. The van der Waals surface area contributed by atoms with E-state index in [-0.39, 0.29) is 0 Å². The van der Waals surface area contributed by atoms with E-state index in [0.717, 1.165) is 12.3 Å². The van der Waals surface area contributed by atoms with Crippen molar-refractivity contribution in [3.8, 4) is 0 Å². The molecule has 1 heterocycles. The van der Waals surface area contributed by atoms with Crippen molar-refractivity contribution >= 4 is 22.5 Å². The van der Waals surface area contributed by atoms with Crippen molar-refractivity contribution in [1.29, 1.82) is 0 Å². The van der Waals surface area contributed by atoms with E-state index in [4.69, 9.17) is 0 Å². The van der Waals surface area contributed by atoms with Crippen LogP contribution in [-0.2, 0) is 0 Å². The maximum Gasteiger partial charge on any atom is 0.0418 e. The molecular weight excluding hydrogens is 252 g/mol. The molecule has 1 aromatic carbocycles. The fraction of sp³-hybridized carbons (Fsp3) is 0.438. The van der Waals surface area contributed by atoms with Crippen molar-refractivity contribution in [3.05, 3.63) is 42.2 Å². The van der Waals surface area contributed by atoms with Crippen LogP contribution in [-0.4, -0.2) is 22.5 Å². The maximum absolute atomic E-state index is 4.21. The van der Waals surface area contributed by atoms with Gasteiger partial charge in [-0.15, -0.1) is 0 Å². The molecule has 0 aliphatic rings. The van der Waals surface area contributed by atoms with Crippen LogP contribution in [0.2, 0.25) is 0 Å². The van der Waals surface area contributed by atoms with Crippen LogP contribution < -0.4 is 5.32 Å². The lowest BCUT2D eigenvalue weighted by atomic mass is 10.0. The smallest absolute Gasteiger partial charge is 0.0418 e. The molecule has 0 saturated carbocycles. The largest absolute Gasteiger partial charge is 0.309 e. The first-order valence-corrected chi connectivity index (χ1v) is 7.95. The molecule has 2 nitrogen and oxygen atoms in total. The highest BCUT2D eigenvalue weighted by Crippen LogP contribution is 2.27. The molecule has 0 aliphatic heterocycles. The highest BCUT2D eigenvalue weighted by molar-refractivity contribution is 7.99. The number of pyridine rings is 1. The number of nitrogens with one attached hydrogen (secondary N) is 1. The summed E-state index contributed by atoms with van der Waals surface area (Å²) in [6, 6.07) is 9.02. The van der Waals surface area contributed by atoms with Crippen LogP contribution >= 0.6 is 11.8 Å². The predicted octanol–water partition coefficient (Wildman–Crippen LogP) is 4.03.